The summed E-state index contributed by atoms with van der Waals surface area (Å²) in [5, 5.41) is 18.8. The van der Waals surface area contributed by atoms with Gasteiger partial charge in [0.15, 0.2) is 17.5 Å². The summed E-state index contributed by atoms with van der Waals surface area (Å²) in [6.45, 7) is 10.1. The fourth-order valence-corrected chi connectivity index (χ4v) is 4.14. The third-order valence-corrected chi connectivity index (χ3v) is 6.32. The maximum atomic E-state index is 15.1. The number of hydrogen-bond acceptors (Lipinski definition) is 10. The zero-order valence-electron chi connectivity index (χ0n) is 25.2. The summed E-state index contributed by atoms with van der Waals surface area (Å²) in [7, 11) is 1.66. The molecule has 0 aliphatic heterocycles. The fraction of sp³-hybridized carbons (Fsp3) is 0.533. The van der Waals surface area contributed by atoms with Gasteiger partial charge in [-0.25, -0.2) is 19.2 Å². The van der Waals surface area contributed by atoms with Crippen molar-refractivity contribution >= 4 is 35.8 Å². The molecule has 0 unspecified atom stereocenters. The molecule has 1 fully saturated rings. The third kappa shape index (κ3) is 9.98. The Labute approximate surface area is 247 Å². The largest absolute Gasteiger partial charge is 0.477 e. The minimum atomic E-state index is -0.669. The molecule has 3 N–H and O–H groups in total. The predicted molar refractivity (Wildman–Crippen MR) is 162 cm³/mol. The van der Waals surface area contributed by atoms with E-state index < -0.39 is 17.5 Å². The zero-order chi connectivity index (χ0) is 30.7. The summed E-state index contributed by atoms with van der Waals surface area (Å²) in [6.07, 6.45) is 7.96. The lowest BCUT2D eigenvalue weighted by Gasteiger charge is -2.28. The molecule has 0 bridgehead atoms. The molecule has 226 valence electrons. The number of amides is 1. The topological polar surface area (TPSA) is 146 Å². The molecule has 0 aromatic carbocycles. The highest BCUT2D eigenvalue weighted by atomic mass is 19.1. The van der Waals surface area contributed by atoms with Crippen LogP contribution in [0.5, 0.6) is 5.88 Å². The van der Waals surface area contributed by atoms with Crippen molar-refractivity contribution < 1.29 is 18.7 Å². The SMILES string of the molecule is CCCCOc1ncc(Nc2nc(N[C@H](C3CC3)[C@H](C)NC(=O)OC(C)(C)C)c(F)cc2C#N)cc1C/N=C\C=N/C. The van der Waals surface area contributed by atoms with Crippen molar-refractivity contribution in [3.8, 4) is 11.9 Å². The smallest absolute Gasteiger partial charge is 0.407 e. The Morgan fingerprint density at radius 3 is 2.69 bits per heavy atom. The Morgan fingerprint density at radius 2 is 2.05 bits per heavy atom. The van der Waals surface area contributed by atoms with Gasteiger partial charge in [0.05, 0.1) is 36.6 Å². The highest BCUT2D eigenvalue weighted by Crippen LogP contribution is 2.36. The Bertz CT molecular complexity index is 1310. The lowest BCUT2D eigenvalue weighted by molar-refractivity contribution is 0.0501. The minimum Gasteiger partial charge on any atom is -0.477 e. The Hall–Kier alpha value is -4.27. The molecule has 1 saturated carbocycles. The minimum absolute atomic E-state index is 0.0256. The summed E-state index contributed by atoms with van der Waals surface area (Å²) < 4.78 is 26.4. The summed E-state index contributed by atoms with van der Waals surface area (Å²) in [5.41, 5.74) is 0.653. The van der Waals surface area contributed by atoms with Crippen LogP contribution in [0.15, 0.2) is 28.3 Å². The zero-order valence-corrected chi connectivity index (χ0v) is 25.2. The number of anilines is 3. The number of alkyl carbamates (subject to hydrolysis) is 1. The van der Waals surface area contributed by atoms with Gasteiger partial charge in [0.2, 0.25) is 5.88 Å². The average molecular weight is 581 g/mol. The number of aromatic nitrogens is 2. The van der Waals surface area contributed by atoms with Crippen LogP contribution in [0.25, 0.3) is 0 Å². The fourth-order valence-electron chi connectivity index (χ4n) is 4.14. The van der Waals surface area contributed by atoms with Crippen LogP contribution in [0, 0.1) is 23.1 Å². The molecule has 2 aromatic heterocycles. The van der Waals surface area contributed by atoms with E-state index in [0.717, 1.165) is 37.3 Å². The lowest BCUT2D eigenvalue weighted by Crippen LogP contribution is -2.47. The molecular weight excluding hydrogens is 539 g/mol. The van der Waals surface area contributed by atoms with Gasteiger partial charge in [0.25, 0.3) is 0 Å². The molecule has 1 aliphatic rings. The number of nitrogens with one attached hydrogen (secondary N) is 3. The van der Waals surface area contributed by atoms with E-state index in [4.69, 9.17) is 9.47 Å². The number of aliphatic imine (C=N–C) groups is 2. The molecule has 0 radical (unpaired) electrons. The number of unbranched alkanes of at least 4 members (excludes halogenated alkanes) is 1. The van der Waals surface area contributed by atoms with Crippen molar-refractivity contribution in [1.29, 1.82) is 5.26 Å². The molecule has 2 atom stereocenters. The summed E-state index contributed by atoms with van der Waals surface area (Å²) in [5.74, 6) is 0.166. The monoisotopic (exact) mass is 580 g/mol. The Kier molecular flexibility index (Phi) is 11.6. The molecule has 0 saturated heterocycles. The molecule has 1 amide bonds. The molecule has 12 heteroatoms. The van der Waals surface area contributed by atoms with E-state index in [1.54, 1.807) is 46.4 Å². The molecule has 3 rings (SSSR count). The van der Waals surface area contributed by atoms with E-state index in [-0.39, 0.29) is 35.2 Å². The number of nitrogens with zero attached hydrogens (tertiary/aromatic N) is 5. The first-order valence-corrected chi connectivity index (χ1v) is 14.2. The number of carbonyl (C=O) groups is 1. The Balaban J connectivity index is 1.84. The standard InChI is InChI=1S/C30H41FN8O3/c1-7-8-13-41-28-22(17-34-12-11-33-6)14-23(18-35-28)37-26-21(16-32)15-24(31)27(39-26)38-25(20-9-10-20)19(2)36-29(40)42-30(3,4)5/h11-12,14-15,18-20,25H,7-10,13,17H2,1-6H3,(H,36,40)(H2,37,38,39)/b33-11-,34-12-/t19-,25-/m0/s1. The first-order valence-electron chi connectivity index (χ1n) is 14.2. The van der Waals surface area contributed by atoms with E-state index in [2.05, 4.69) is 42.8 Å². The number of nitriles is 1. The van der Waals surface area contributed by atoms with Gasteiger partial charge in [-0.2, -0.15) is 5.26 Å². The molecule has 1 aliphatic carbocycles. The van der Waals surface area contributed by atoms with Gasteiger partial charge >= 0.3 is 6.09 Å². The van der Waals surface area contributed by atoms with Gasteiger partial charge in [-0.05, 0) is 65.0 Å². The second kappa shape index (κ2) is 15.1. The van der Waals surface area contributed by atoms with Gasteiger partial charge in [-0.1, -0.05) is 13.3 Å². The maximum absolute atomic E-state index is 15.1. The predicted octanol–water partition coefficient (Wildman–Crippen LogP) is 5.78. The molecule has 11 nitrogen and oxygen atoms in total. The van der Waals surface area contributed by atoms with Gasteiger partial charge in [-0.15, -0.1) is 0 Å². The number of halogens is 1. The van der Waals surface area contributed by atoms with Crippen molar-refractivity contribution in [2.45, 2.75) is 84.5 Å². The number of pyridine rings is 2. The van der Waals surface area contributed by atoms with Crippen molar-refractivity contribution in [1.82, 2.24) is 15.3 Å². The van der Waals surface area contributed by atoms with Gasteiger partial charge in [0.1, 0.15) is 11.7 Å². The van der Waals surface area contributed by atoms with Crippen LogP contribution >= 0.6 is 0 Å². The number of ether oxygens (including phenoxy) is 2. The molecule has 2 heterocycles. The van der Waals surface area contributed by atoms with E-state index >= 15 is 4.39 Å². The normalized spacial score (nSPS) is 14.8. The van der Waals surface area contributed by atoms with Gasteiger partial charge in [-0.3, -0.25) is 9.98 Å². The van der Waals surface area contributed by atoms with E-state index in [1.165, 1.54) is 0 Å². The van der Waals surface area contributed by atoms with Crippen molar-refractivity contribution in [3.05, 3.63) is 35.3 Å². The van der Waals surface area contributed by atoms with Crippen molar-refractivity contribution in [2.24, 2.45) is 15.9 Å². The quantitative estimate of drug-likeness (QED) is 0.188. The second-order valence-electron chi connectivity index (χ2n) is 11.2. The average Bonchev–Trinajstić information content (AvgIpc) is 3.76. The number of carbonyl (C=O) groups excluding carboxylic acids is 1. The van der Waals surface area contributed by atoms with Crippen LogP contribution in [0.4, 0.5) is 26.5 Å². The van der Waals surface area contributed by atoms with Crippen LogP contribution in [0.1, 0.15) is 71.4 Å². The van der Waals surface area contributed by atoms with Crippen LogP contribution in [0.2, 0.25) is 0 Å². The van der Waals surface area contributed by atoms with E-state index in [9.17, 15) is 10.1 Å². The molecular formula is C30H41FN8O3. The van der Waals surface area contributed by atoms with E-state index in [0.29, 0.717) is 24.7 Å². The number of rotatable bonds is 14. The van der Waals surface area contributed by atoms with E-state index in [1.807, 2.05) is 19.1 Å². The van der Waals surface area contributed by atoms with Crippen LogP contribution in [-0.2, 0) is 11.3 Å². The number of hydrogen-bond donors (Lipinski definition) is 3. The molecule has 42 heavy (non-hydrogen) atoms. The summed E-state index contributed by atoms with van der Waals surface area (Å²) >= 11 is 0. The van der Waals surface area contributed by atoms with Gasteiger partial charge in [0, 0.05) is 31.1 Å². The lowest BCUT2D eigenvalue weighted by atomic mass is 10.0. The highest BCUT2D eigenvalue weighted by Gasteiger charge is 2.37. The van der Waals surface area contributed by atoms with Gasteiger partial charge < -0.3 is 25.4 Å². The Morgan fingerprint density at radius 1 is 1.29 bits per heavy atom. The first kappa shape index (κ1) is 32.2. The van der Waals surface area contributed by atoms with Crippen LogP contribution < -0.4 is 20.7 Å². The molecule has 2 aromatic rings. The van der Waals surface area contributed by atoms with Crippen LogP contribution in [0.3, 0.4) is 0 Å². The second-order valence-corrected chi connectivity index (χ2v) is 11.2. The summed E-state index contributed by atoms with van der Waals surface area (Å²) in [4.78, 5) is 29.5. The molecule has 0 spiro atoms. The third-order valence-electron chi connectivity index (χ3n) is 6.32. The first-order chi connectivity index (χ1) is 20.0. The summed E-state index contributed by atoms with van der Waals surface area (Å²) in [6, 6.07) is 4.29. The maximum Gasteiger partial charge on any atom is 0.407 e. The van der Waals surface area contributed by atoms with Crippen molar-refractivity contribution in [2.75, 3.05) is 24.3 Å². The van der Waals surface area contributed by atoms with Crippen LogP contribution in [-0.4, -0.2) is 59.8 Å². The highest BCUT2D eigenvalue weighted by molar-refractivity contribution is 6.15. The van der Waals surface area contributed by atoms with Crippen molar-refractivity contribution in [3.63, 3.8) is 0 Å².